The van der Waals surface area contributed by atoms with Crippen molar-refractivity contribution in [3.8, 4) is 0 Å². The zero-order valence-electron chi connectivity index (χ0n) is 7.04. The molecule has 2 atom stereocenters. The molecule has 1 rings (SSSR count). The fourth-order valence-corrected chi connectivity index (χ4v) is 1.37. The maximum absolute atomic E-state index is 10.5. The Morgan fingerprint density at radius 2 is 2.17 bits per heavy atom. The van der Waals surface area contributed by atoms with Crippen molar-refractivity contribution in [2.24, 2.45) is 11.8 Å². The van der Waals surface area contributed by atoms with Gasteiger partial charge in [-0.15, -0.1) is 0 Å². The second kappa shape index (κ2) is 3.56. The zero-order chi connectivity index (χ0) is 9.14. The summed E-state index contributed by atoms with van der Waals surface area (Å²) in [5, 5.41) is 16.1. The molecule has 1 saturated carbocycles. The van der Waals surface area contributed by atoms with Crippen molar-refractivity contribution in [2.75, 3.05) is 6.61 Å². The average Bonchev–Trinajstić information content (AvgIpc) is 1.82. The van der Waals surface area contributed by atoms with Gasteiger partial charge in [0.05, 0.1) is 12.5 Å². The smallest absolute Gasteiger partial charge is 0.307 e. The van der Waals surface area contributed by atoms with E-state index in [2.05, 4.69) is 0 Å². The summed E-state index contributed by atoms with van der Waals surface area (Å²) in [6, 6.07) is 0. The van der Waals surface area contributed by atoms with Crippen LogP contribution in [0, 0.1) is 17.2 Å². The lowest BCUT2D eigenvalue weighted by Crippen LogP contribution is -2.38. The molecule has 0 heterocycles. The Balaban J connectivity index is 2.43. The molecule has 0 amide bonds. The fraction of sp³-hybridized carbons (Fsp3) is 0.750. The maximum atomic E-state index is 10.5. The van der Waals surface area contributed by atoms with Gasteiger partial charge in [-0.3, -0.25) is 10.2 Å². The minimum absolute atomic E-state index is 0.135. The lowest BCUT2D eigenvalue weighted by Gasteiger charge is -2.32. The van der Waals surface area contributed by atoms with E-state index in [1.54, 1.807) is 6.92 Å². The van der Waals surface area contributed by atoms with Crippen LogP contribution in [0.5, 0.6) is 0 Å². The summed E-state index contributed by atoms with van der Waals surface area (Å²) in [6.07, 6.45) is 1.45. The van der Waals surface area contributed by atoms with Crippen LogP contribution in [-0.2, 0) is 9.53 Å². The van der Waals surface area contributed by atoms with Crippen molar-refractivity contribution in [1.29, 1.82) is 5.41 Å². The molecule has 4 nitrogen and oxygen atoms in total. The van der Waals surface area contributed by atoms with E-state index in [9.17, 15) is 4.79 Å². The second-order valence-corrected chi connectivity index (χ2v) is 2.93. The first-order chi connectivity index (χ1) is 5.66. The molecule has 68 valence electrons. The highest BCUT2D eigenvalue weighted by Gasteiger charge is 2.40. The average molecular weight is 171 g/mol. The highest BCUT2D eigenvalue weighted by Crippen LogP contribution is 2.35. The van der Waals surface area contributed by atoms with Crippen molar-refractivity contribution >= 4 is 11.9 Å². The van der Waals surface area contributed by atoms with E-state index < -0.39 is 5.97 Å². The van der Waals surface area contributed by atoms with Gasteiger partial charge in [-0.25, -0.2) is 0 Å². The Morgan fingerprint density at radius 1 is 1.58 bits per heavy atom. The quantitative estimate of drug-likeness (QED) is 0.493. The van der Waals surface area contributed by atoms with Gasteiger partial charge in [-0.2, -0.15) is 0 Å². The van der Waals surface area contributed by atoms with Gasteiger partial charge < -0.3 is 9.84 Å². The molecule has 0 aromatic rings. The van der Waals surface area contributed by atoms with E-state index >= 15 is 0 Å². The molecule has 4 heteroatoms. The van der Waals surface area contributed by atoms with Crippen molar-refractivity contribution in [3.63, 3.8) is 0 Å². The molecule has 2 unspecified atom stereocenters. The number of hydrogen-bond acceptors (Lipinski definition) is 3. The molecule has 0 bridgehead atoms. The van der Waals surface area contributed by atoms with Crippen LogP contribution in [0.15, 0.2) is 0 Å². The van der Waals surface area contributed by atoms with E-state index in [4.69, 9.17) is 15.3 Å². The van der Waals surface area contributed by atoms with E-state index in [1.807, 2.05) is 0 Å². The Labute approximate surface area is 71.0 Å². The third-order valence-electron chi connectivity index (χ3n) is 2.23. The summed E-state index contributed by atoms with van der Waals surface area (Å²) in [5.74, 6) is -1.24. The van der Waals surface area contributed by atoms with Gasteiger partial charge in [0.1, 0.15) is 0 Å². The normalized spacial score (nSPS) is 27.4. The molecule has 0 spiro atoms. The molecule has 0 saturated heterocycles. The largest absolute Gasteiger partial charge is 0.481 e. The monoisotopic (exact) mass is 171 g/mol. The van der Waals surface area contributed by atoms with Crippen LogP contribution >= 0.6 is 0 Å². The van der Waals surface area contributed by atoms with E-state index in [0.29, 0.717) is 13.0 Å². The molecule has 0 aromatic carbocycles. The predicted molar refractivity (Wildman–Crippen MR) is 43.2 cm³/mol. The topological polar surface area (TPSA) is 70.4 Å². The summed E-state index contributed by atoms with van der Waals surface area (Å²) < 4.78 is 4.95. The number of ether oxygens (including phenoxy) is 1. The van der Waals surface area contributed by atoms with Crippen LogP contribution in [0.2, 0.25) is 0 Å². The second-order valence-electron chi connectivity index (χ2n) is 2.93. The summed E-state index contributed by atoms with van der Waals surface area (Å²) >= 11 is 0. The molecule has 1 fully saturated rings. The van der Waals surface area contributed by atoms with Crippen molar-refractivity contribution in [2.45, 2.75) is 19.8 Å². The number of carbonyl (C=O) groups is 1. The zero-order valence-corrected chi connectivity index (χ0v) is 7.04. The molecule has 0 aromatic heterocycles. The van der Waals surface area contributed by atoms with Crippen LogP contribution in [0.4, 0.5) is 0 Å². The molecule has 0 radical (unpaired) electrons. The van der Waals surface area contributed by atoms with Crippen LogP contribution in [0.3, 0.4) is 0 Å². The first kappa shape index (κ1) is 9.03. The van der Waals surface area contributed by atoms with E-state index in [0.717, 1.165) is 6.42 Å². The number of carboxylic acid groups (broad SMARTS) is 1. The number of carboxylic acids is 1. The first-order valence-electron chi connectivity index (χ1n) is 4.10. The third-order valence-corrected chi connectivity index (χ3v) is 2.23. The van der Waals surface area contributed by atoms with Gasteiger partial charge in [0.15, 0.2) is 5.90 Å². The van der Waals surface area contributed by atoms with Crippen LogP contribution in [-0.4, -0.2) is 23.6 Å². The number of rotatable bonds is 3. The lowest BCUT2D eigenvalue weighted by molar-refractivity contribution is -0.146. The van der Waals surface area contributed by atoms with E-state index in [-0.39, 0.29) is 17.7 Å². The molecular weight excluding hydrogens is 158 g/mol. The summed E-state index contributed by atoms with van der Waals surface area (Å²) in [4.78, 5) is 10.5. The molecule has 2 N–H and O–H groups in total. The number of nitrogens with one attached hydrogen (secondary N) is 1. The highest BCUT2D eigenvalue weighted by atomic mass is 16.5. The number of aliphatic carboxylic acids is 1. The molecular formula is C8H13NO3. The predicted octanol–water partition coefficient (Wildman–Crippen LogP) is 1.11. The van der Waals surface area contributed by atoms with Crippen molar-refractivity contribution in [3.05, 3.63) is 0 Å². The lowest BCUT2D eigenvalue weighted by atomic mass is 9.73. The van der Waals surface area contributed by atoms with Crippen LogP contribution in [0.25, 0.3) is 0 Å². The highest BCUT2D eigenvalue weighted by molar-refractivity contribution is 5.84. The molecule has 1 aliphatic rings. The minimum Gasteiger partial charge on any atom is -0.481 e. The van der Waals surface area contributed by atoms with Crippen LogP contribution < -0.4 is 0 Å². The van der Waals surface area contributed by atoms with Gasteiger partial charge in [-0.1, -0.05) is 0 Å². The molecule has 12 heavy (non-hydrogen) atoms. The number of hydrogen-bond donors (Lipinski definition) is 2. The third kappa shape index (κ3) is 1.57. The Morgan fingerprint density at radius 3 is 2.50 bits per heavy atom. The Hall–Kier alpha value is -1.06. The standard InChI is InChI=1S/C8H13NO3/c1-2-12-7(9)5-3-4-6(5)8(10)11/h5-6,9H,2-4H2,1H3,(H,10,11). The van der Waals surface area contributed by atoms with Crippen molar-refractivity contribution in [1.82, 2.24) is 0 Å². The van der Waals surface area contributed by atoms with Gasteiger partial charge in [0, 0.05) is 5.92 Å². The van der Waals surface area contributed by atoms with Crippen LogP contribution in [0.1, 0.15) is 19.8 Å². The van der Waals surface area contributed by atoms with Gasteiger partial charge in [0.25, 0.3) is 0 Å². The van der Waals surface area contributed by atoms with Crippen molar-refractivity contribution < 1.29 is 14.6 Å². The van der Waals surface area contributed by atoms with Gasteiger partial charge in [0.2, 0.25) is 0 Å². The fourth-order valence-electron chi connectivity index (χ4n) is 1.37. The first-order valence-corrected chi connectivity index (χ1v) is 4.10. The SMILES string of the molecule is CCOC(=N)C1CCC1C(=O)O. The summed E-state index contributed by atoms with van der Waals surface area (Å²) in [7, 11) is 0. The minimum atomic E-state index is -0.810. The van der Waals surface area contributed by atoms with Gasteiger partial charge in [-0.05, 0) is 19.8 Å². The maximum Gasteiger partial charge on any atom is 0.307 e. The molecule has 1 aliphatic carbocycles. The Kier molecular flexibility index (Phi) is 2.68. The van der Waals surface area contributed by atoms with E-state index in [1.165, 1.54) is 0 Å². The summed E-state index contributed by atoms with van der Waals surface area (Å²) in [6.45, 7) is 2.24. The summed E-state index contributed by atoms with van der Waals surface area (Å²) in [5.41, 5.74) is 0. The van der Waals surface area contributed by atoms with Gasteiger partial charge >= 0.3 is 5.97 Å². The molecule has 0 aliphatic heterocycles. The Bertz CT molecular complexity index is 202.